The lowest BCUT2D eigenvalue weighted by Gasteiger charge is -2.11. The molecule has 0 spiro atoms. The molecule has 1 saturated heterocycles. The lowest BCUT2D eigenvalue weighted by molar-refractivity contribution is -0.150. The number of nitrogens with zero attached hydrogens (tertiary/aromatic N) is 1. The topological polar surface area (TPSA) is 88.5 Å². The predicted octanol–water partition coefficient (Wildman–Crippen LogP) is 1.41. The van der Waals surface area contributed by atoms with E-state index in [1.165, 1.54) is 6.20 Å². The Morgan fingerprint density at radius 1 is 1.39 bits per heavy atom. The standard InChI is InChI=1S/C11H11BrN2O4/c12-6-3-7(5-13-4-6)14-10(15)8-1-2-9(18-8)11(16)17/h3-5,8-9H,1-2H2,(H,14,15)(H,16,17)/t8-,9+/m0/s1. The van der Waals surface area contributed by atoms with Crippen LogP contribution in [0.1, 0.15) is 12.8 Å². The fourth-order valence-corrected chi connectivity index (χ4v) is 2.08. The van der Waals surface area contributed by atoms with Gasteiger partial charge in [-0.15, -0.1) is 0 Å². The molecule has 1 fully saturated rings. The van der Waals surface area contributed by atoms with Gasteiger partial charge in [0.2, 0.25) is 0 Å². The zero-order valence-electron chi connectivity index (χ0n) is 9.30. The highest BCUT2D eigenvalue weighted by Gasteiger charge is 2.34. The number of carboxylic acid groups (broad SMARTS) is 1. The van der Waals surface area contributed by atoms with E-state index in [-0.39, 0.29) is 5.91 Å². The number of rotatable bonds is 3. The normalized spacial score (nSPS) is 22.7. The van der Waals surface area contributed by atoms with Crippen LogP contribution < -0.4 is 5.32 Å². The van der Waals surface area contributed by atoms with Gasteiger partial charge in [0.15, 0.2) is 6.10 Å². The number of pyridine rings is 1. The first-order valence-corrected chi connectivity index (χ1v) is 6.15. The summed E-state index contributed by atoms with van der Waals surface area (Å²) in [4.78, 5) is 26.4. The summed E-state index contributed by atoms with van der Waals surface area (Å²) in [6, 6.07) is 1.70. The molecule has 1 aliphatic heterocycles. The second-order valence-electron chi connectivity index (χ2n) is 3.91. The highest BCUT2D eigenvalue weighted by molar-refractivity contribution is 9.10. The van der Waals surface area contributed by atoms with Gasteiger partial charge in [-0.25, -0.2) is 4.79 Å². The van der Waals surface area contributed by atoms with Crippen molar-refractivity contribution in [1.29, 1.82) is 0 Å². The molecular formula is C11H11BrN2O4. The highest BCUT2D eigenvalue weighted by atomic mass is 79.9. The first kappa shape index (κ1) is 13.0. The monoisotopic (exact) mass is 314 g/mol. The Hall–Kier alpha value is -1.47. The van der Waals surface area contributed by atoms with E-state index in [0.717, 1.165) is 4.47 Å². The van der Waals surface area contributed by atoms with E-state index in [0.29, 0.717) is 18.5 Å². The number of amides is 1. The molecule has 2 heterocycles. The molecule has 0 aliphatic carbocycles. The van der Waals surface area contributed by atoms with E-state index in [1.54, 1.807) is 12.3 Å². The maximum Gasteiger partial charge on any atom is 0.332 e. The van der Waals surface area contributed by atoms with Crippen LogP contribution in [0.25, 0.3) is 0 Å². The van der Waals surface area contributed by atoms with Crippen molar-refractivity contribution in [1.82, 2.24) is 4.98 Å². The summed E-state index contributed by atoms with van der Waals surface area (Å²) < 4.78 is 5.89. The van der Waals surface area contributed by atoms with Crippen LogP contribution >= 0.6 is 15.9 Å². The van der Waals surface area contributed by atoms with Crippen molar-refractivity contribution in [2.75, 3.05) is 5.32 Å². The van der Waals surface area contributed by atoms with Gasteiger partial charge in [0.1, 0.15) is 6.10 Å². The van der Waals surface area contributed by atoms with E-state index in [1.807, 2.05) is 0 Å². The van der Waals surface area contributed by atoms with E-state index in [9.17, 15) is 9.59 Å². The highest BCUT2D eigenvalue weighted by Crippen LogP contribution is 2.22. The number of hydrogen-bond acceptors (Lipinski definition) is 4. The quantitative estimate of drug-likeness (QED) is 0.880. The van der Waals surface area contributed by atoms with E-state index in [2.05, 4.69) is 26.2 Å². The molecule has 18 heavy (non-hydrogen) atoms. The summed E-state index contributed by atoms with van der Waals surface area (Å²) in [5.74, 6) is -1.38. The summed E-state index contributed by atoms with van der Waals surface area (Å²) in [5.41, 5.74) is 0.539. The Balaban J connectivity index is 1.95. The zero-order chi connectivity index (χ0) is 13.1. The van der Waals surface area contributed by atoms with Gasteiger partial charge in [-0.2, -0.15) is 0 Å². The lowest BCUT2D eigenvalue weighted by atomic mass is 10.2. The van der Waals surface area contributed by atoms with E-state index < -0.39 is 18.2 Å². The average Bonchev–Trinajstić information content (AvgIpc) is 2.78. The Bertz CT molecular complexity index is 480. The van der Waals surface area contributed by atoms with Crippen LogP contribution in [-0.2, 0) is 14.3 Å². The molecule has 0 radical (unpaired) electrons. The molecule has 2 atom stereocenters. The van der Waals surface area contributed by atoms with Crippen LogP contribution in [-0.4, -0.2) is 34.2 Å². The molecule has 2 rings (SSSR count). The smallest absolute Gasteiger partial charge is 0.332 e. The van der Waals surface area contributed by atoms with Crippen LogP contribution in [0.5, 0.6) is 0 Å². The molecule has 1 aromatic rings. The Kier molecular flexibility index (Phi) is 3.93. The zero-order valence-corrected chi connectivity index (χ0v) is 10.9. The molecule has 0 aromatic carbocycles. The van der Waals surface area contributed by atoms with Gasteiger partial charge in [-0.3, -0.25) is 9.78 Å². The van der Waals surface area contributed by atoms with Gasteiger partial charge < -0.3 is 15.2 Å². The lowest BCUT2D eigenvalue weighted by Crippen LogP contribution is -2.29. The third-order valence-electron chi connectivity index (χ3n) is 2.56. The molecular weight excluding hydrogens is 304 g/mol. The van der Waals surface area contributed by atoms with Crippen molar-refractivity contribution >= 4 is 33.5 Å². The first-order chi connectivity index (χ1) is 8.56. The van der Waals surface area contributed by atoms with Crippen LogP contribution in [0.3, 0.4) is 0 Å². The fraction of sp³-hybridized carbons (Fsp3) is 0.364. The number of anilines is 1. The summed E-state index contributed by atoms with van der Waals surface area (Å²) in [5, 5.41) is 11.4. The van der Waals surface area contributed by atoms with Crippen LogP contribution in [0.15, 0.2) is 22.9 Å². The van der Waals surface area contributed by atoms with Gasteiger partial charge in [0, 0.05) is 10.7 Å². The van der Waals surface area contributed by atoms with Crippen molar-refractivity contribution in [3.05, 3.63) is 22.9 Å². The Labute approximate surface area is 111 Å². The summed E-state index contributed by atoms with van der Waals surface area (Å²) in [6.07, 6.45) is 2.26. The molecule has 0 bridgehead atoms. The van der Waals surface area contributed by atoms with Gasteiger partial charge in [0.25, 0.3) is 5.91 Å². The largest absolute Gasteiger partial charge is 0.479 e. The van der Waals surface area contributed by atoms with E-state index >= 15 is 0 Å². The molecule has 0 unspecified atom stereocenters. The fourth-order valence-electron chi connectivity index (χ4n) is 1.71. The predicted molar refractivity (Wildman–Crippen MR) is 66.1 cm³/mol. The van der Waals surface area contributed by atoms with E-state index in [4.69, 9.17) is 9.84 Å². The third kappa shape index (κ3) is 3.05. The second kappa shape index (κ2) is 5.45. The van der Waals surface area contributed by atoms with Gasteiger partial charge in [-0.1, -0.05) is 0 Å². The number of hydrogen-bond donors (Lipinski definition) is 2. The van der Waals surface area contributed by atoms with Crippen molar-refractivity contribution in [3.8, 4) is 0 Å². The van der Waals surface area contributed by atoms with Gasteiger partial charge in [0.05, 0.1) is 11.9 Å². The van der Waals surface area contributed by atoms with Crippen molar-refractivity contribution in [2.24, 2.45) is 0 Å². The second-order valence-corrected chi connectivity index (χ2v) is 4.83. The molecule has 1 aromatic heterocycles. The average molecular weight is 315 g/mol. The minimum Gasteiger partial charge on any atom is -0.479 e. The molecule has 7 heteroatoms. The Morgan fingerprint density at radius 3 is 2.72 bits per heavy atom. The van der Waals surface area contributed by atoms with Crippen LogP contribution in [0.4, 0.5) is 5.69 Å². The minimum atomic E-state index is -1.03. The summed E-state index contributed by atoms with van der Waals surface area (Å²) >= 11 is 3.24. The number of carbonyl (C=O) groups is 2. The summed E-state index contributed by atoms with van der Waals surface area (Å²) in [7, 11) is 0. The number of aliphatic carboxylic acids is 1. The van der Waals surface area contributed by atoms with Crippen molar-refractivity contribution in [3.63, 3.8) is 0 Å². The minimum absolute atomic E-state index is 0.348. The number of carbonyl (C=O) groups excluding carboxylic acids is 1. The molecule has 2 N–H and O–H groups in total. The molecule has 96 valence electrons. The summed E-state index contributed by atoms with van der Waals surface area (Å²) in [6.45, 7) is 0. The maximum absolute atomic E-state index is 11.8. The van der Waals surface area contributed by atoms with Crippen LogP contribution in [0.2, 0.25) is 0 Å². The molecule has 1 aliphatic rings. The number of halogens is 1. The maximum atomic E-state index is 11.8. The SMILES string of the molecule is O=C(Nc1cncc(Br)c1)[C@@H]1CC[C@H](C(=O)O)O1. The number of ether oxygens (including phenoxy) is 1. The van der Waals surface area contributed by atoms with Gasteiger partial charge in [-0.05, 0) is 34.8 Å². The number of nitrogens with one attached hydrogen (secondary N) is 1. The van der Waals surface area contributed by atoms with Gasteiger partial charge >= 0.3 is 5.97 Å². The Morgan fingerprint density at radius 2 is 2.11 bits per heavy atom. The number of carboxylic acids is 1. The van der Waals surface area contributed by atoms with Crippen molar-refractivity contribution < 1.29 is 19.4 Å². The molecule has 1 amide bonds. The molecule has 0 saturated carbocycles. The first-order valence-electron chi connectivity index (χ1n) is 5.36. The number of aromatic nitrogens is 1. The third-order valence-corrected chi connectivity index (χ3v) is 2.99. The van der Waals surface area contributed by atoms with Crippen molar-refractivity contribution in [2.45, 2.75) is 25.0 Å². The van der Waals surface area contributed by atoms with Crippen LogP contribution in [0, 0.1) is 0 Å². The molecule has 6 nitrogen and oxygen atoms in total.